The standard InChI is InChI=1S/C19H25N5O2/c1-6-20-7-2-15(1)13-24-9-12-26-14-17(24)19-21-8-3-18(23-19)22-16-4-10-25-11-5-16/h1-3,6-8,16-17H,4-5,9-14H2,(H,21,22,23)/t17-/m1/s1. The van der Waals surface area contributed by atoms with Crippen molar-refractivity contribution in [1.29, 1.82) is 0 Å². The Balaban J connectivity index is 1.47. The van der Waals surface area contributed by atoms with E-state index in [1.54, 1.807) is 0 Å². The van der Waals surface area contributed by atoms with Gasteiger partial charge in [-0.25, -0.2) is 9.97 Å². The van der Waals surface area contributed by atoms with Crippen molar-refractivity contribution < 1.29 is 9.47 Å². The molecule has 7 heteroatoms. The van der Waals surface area contributed by atoms with Gasteiger partial charge in [-0.2, -0.15) is 0 Å². The lowest BCUT2D eigenvalue weighted by Crippen LogP contribution is -2.40. The topological polar surface area (TPSA) is 72.4 Å². The summed E-state index contributed by atoms with van der Waals surface area (Å²) in [6, 6.07) is 6.53. The van der Waals surface area contributed by atoms with E-state index >= 15 is 0 Å². The van der Waals surface area contributed by atoms with E-state index in [1.165, 1.54) is 5.56 Å². The van der Waals surface area contributed by atoms with Gasteiger partial charge in [0.1, 0.15) is 11.6 Å². The van der Waals surface area contributed by atoms with Crippen LogP contribution >= 0.6 is 0 Å². The lowest BCUT2D eigenvalue weighted by atomic mass is 10.1. The highest BCUT2D eigenvalue weighted by atomic mass is 16.5. The predicted octanol–water partition coefficient (Wildman–Crippen LogP) is 2.04. The van der Waals surface area contributed by atoms with Crippen molar-refractivity contribution in [3.63, 3.8) is 0 Å². The van der Waals surface area contributed by atoms with E-state index in [0.717, 1.165) is 57.4 Å². The van der Waals surface area contributed by atoms with Gasteiger partial charge in [0.05, 0.1) is 19.3 Å². The maximum absolute atomic E-state index is 5.72. The molecule has 2 fully saturated rings. The molecule has 0 aliphatic carbocycles. The summed E-state index contributed by atoms with van der Waals surface area (Å²) in [4.78, 5) is 15.8. The summed E-state index contributed by atoms with van der Waals surface area (Å²) in [6.07, 6.45) is 7.53. The van der Waals surface area contributed by atoms with Crippen molar-refractivity contribution in [2.75, 3.05) is 38.3 Å². The van der Waals surface area contributed by atoms with Crippen LogP contribution in [-0.2, 0) is 16.0 Å². The van der Waals surface area contributed by atoms with Crippen molar-refractivity contribution in [3.8, 4) is 0 Å². The van der Waals surface area contributed by atoms with Crippen LogP contribution < -0.4 is 5.32 Å². The second kappa shape index (κ2) is 8.53. The first-order valence-corrected chi connectivity index (χ1v) is 9.26. The zero-order valence-corrected chi connectivity index (χ0v) is 14.9. The minimum absolute atomic E-state index is 0.0633. The first-order valence-electron chi connectivity index (χ1n) is 9.26. The number of pyridine rings is 1. The number of nitrogens with zero attached hydrogens (tertiary/aromatic N) is 4. The van der Waals surface area contributed by atoms with Crippen LogP contribution in [0.5, 0.6) is 0 Å². The van der Waals surface area contributed by atoms with Crippen molar-refractivity contribution in [3.05, 3.63) is 48.2 Å². The van der Waals surface area contributed by atoms with Crippen LogP contribution in [0.2, 0.25) is 0 Å². The van der Waals surface area contributed by atoms with Gasteiger partial charge >= 0.3 is 0 Å². The molecule has 0 aromatic carbocycles. The first-order chi connectivity index (χ1) is 12.9. The number of nitrogens with one attached hydrogen (secondary N) is 1. The molecule has 0 amide bonds. The molecule has 7 nitrogen and oxygen atoms in total. The molecule has 2 aromatic heterocycles. The summed E-state index contributed by atoms with van der Waals surface area (Å²) in [5.41, 5.74) is 1.24. The van der Waals surface area contributed by atoms with E-state index in [-0.39, 0.29) is 6.04 Å². The van der Waals surface area contributed by atoms with E-state index in [4.69, 9.17) is 14.5 Å². The highest BCUT2D eigenvalue weighted by Gasteiger charge is 2.27. The Morgan fingerprint density at radius 3 is 2.73 bits per heavy atom. The highest BCUT2D eigenvalue weighted by molar-refractivity contribution is 5.35. The molecule has 2 aliphatic heterocycles. The van der Waals surface area contributed by atoms with Gasteiger partial charge in [-0.15, -0.1) is 0 Å². The highest BCUT2D eigenvalue weighted by Crippen LogP contribution is 2.24. The Morgan fingerprint density at radius 1 is 1.04 bits per heavy atom. The fourth-order valence-corrected chi connectivity index (χ4v) is 3.45. The van der Waals surface area contributed by atoms with Gasteiger partial charge in [-0.05, 0) is 36.6 Å². The molecular weight excluding hydrogens is 330 g/mol. The molecule has 0 radical (unpaired) electrons. The summed E-state index contributed by atoms with van der Waals surface area (Å²) in [6.45, 7) is 4.69. The molecule has 4 heterocycles. The molecule has 0 saturated carbocycles. The van der Waals surface area contributed by atoms with Gasteiger partial charge in [0.2, 0.25) is 0 Å². The molecule has 4 rings (SSSR count). The maximum Gasteiger partial charge on any atom is 0.150 e. The van der Waals surface area contributed by atoms with Crippen LogP contribution in [0, 0.1) is 0 Å². The lowest BCUT2D eigenvalue weighted by Gasteiger charge is -2.34. The molecule has 2 aliphatic rings. The van der Waals surface area contributed by atoms with E-state index in [2.05, 4.69) is 32.3 Å². The average Bonchev–Trinajstić information content (AvgIpc) is 2.70. The molecule has 2 saturated heterocycles. The number of hydrogen-bond donors (Lipinski definition) is 1. The number of anilines is 1. The van der Waals surface area contributed by atoms with Gasteiger partial charge in [0, 0.05) is 50.9 Å². The number of rotatable bonds is 5. The number of morpholine rings is 1. The second-order valence-corrected chi connectivity index (χ2v) is 6.75. The first kappa shape index (κ1) is 17.3. The molecule has 1 N–H and O–H groups in total. The number of hydrogen-bond acceptors (Lipinski definition) is 7. The molecule has 138 valence electrons. The Labute approximate surface area is 153 Å². The summed E-state index contributed by atoms with van der Waals surface area (Å²) in [5.74, 6) is 1.70. The predicted molar refractivity (Wildman–Crippen MR) is 97.7 cm³/mol. The summed E-state index contributed by atoms with van der Waals surface area (Å²) >= 11 is 0. The van der Waals surface area contributed by atoms with Crippen LogP contribution in [0.3, 0.4) is 0 Å². The maximum atomic E-state index is 5.72. The van der Waals surface area contributed by atoms with Gasteiger partial charge < -0.3 is 14.8 Å². The zero-order chi connectivity index (χ0) is 17.6. The van der Waals surface area contributed by atoms with Gasteiger partial charge in [-0.3, -0.25) is 9.88 Å². The van der Waals surface area contributed by atoms with Crippen LogP contribution in [0.1, 0.15) is 30.3 Å². The quantitative estimate of drug-likeness (QED) is 0.880. The van der Waals surface area contributed by atoms with Crippen LogP contribution in [0.4, 0.5) is 5.82 Å². The summed E-state index contributed by atoms with van der Waals surface area (Å²) in [7, 11) is 0. The normalized spacial score (nSPS) is 22.2. The Kier molecular flexibility index (Phi) is 5.68. The molecule has 1 atom stereocenters. The Bertz CT molecular complexity index is 693. The third kappa shape index (κ3) is 4.35. The third-order valence-corrected chi connectivity index (χ3v) is 4.92. The van der Waals surface area contributed by atoms with Gasteiger partial charge in [0.15, 0.2) is 0 Å². The van der Waals surface area contributed by atoms with E-state index in [0.29, 0.717) is 12.6 Å². The molecule has 2 aromatic rings. The summed E-state index contributed by atoms with van der Waals surface area (Å²) in [5, 5.41) is 3.53. The SMILES string of the molecule is c1cc(CN2CCOC[C@@H]2c2nccc(NC3CCOCC3)n2)ccn1. The monoisotopic (exact) mass is 355 g/mol. The van der Waals surface area contributed by atoms with Crippen LogP contribution in [0.25, 0.3) is 0 Å². The largest absolute Gasteiger partial charge is 0.381 e. The molecule has 0 spiro atoms. The second-order valence-electron chi connectivity index (χ2n) is 6.75. The van der Waals surface area contributed by atoms with Gasteiger partial charge in [0.25, 0.3) is 0 Å². The Morgan fingerprint density at radius 2 is 1.88 bits per heavy atom. The number of aromatic nitrogens is 3. The lowest BCUT2D eigenvalue weighted by molar-refractivity contribution is -0.0159. The van der Waals surface area contributed by atoms with Crippen molar-refractivity contribution in [1.82, 2.24) is 19.9 Å². The van der Waals surface area contributed by atoms with Crippen LogP contribution in [0.15, 0.2) is 36.8 Å². The smallest absolute Gasteiger partial charge is 0.150 e. The summed E-state index contributed by atoms with van der Waals surface area (Å²) < 4.78 is 11.1. The van der Waals surface area contributed by atoms with Crippen molar-refractivity contribution in [2.45, 2.75) is 31.5 Å². The average molecular weight is 355 g/mol. The molecule has 26 heavy (non-hydrogen) atoms. The van der Waals surface area contributed by atoms with Gasteiger partial charge in [-0.1, -0.05) is 0 Å². The Hall–Kier alpha value is -2.09. The van der Waals surface area contributed by atoms with E-state index in [1.807, 2.05) is 24.7 Å². The third-order valence-electron chi connectivity index (χ3n) is 4.92. The molecule has 0 unspecified atom stereocenters. The molecule has 0 bridgehead atoms. The van der Waals surface area contributed by atoms with Crippen molar-refractivity contribution in [2.24, 2.45) is 0 Å². The minimum atomic E-state index is 0.0633. The van der Waals surface area contributed by atoms with Crippen LogP contribution in [-0.4, -0.2) is 58.9 Å². The minimum Gasteiger partial charge on any atom is -0.381 e. The fraction of sp³-hybridized carbons (Fsp3) is 0.526. The van der Waals surface area contributed by atoms with E-state index in [9.17, 15) is 0 Å². The zero-order valence-electron chi connectivity index (χ0n) is 14.9. The van der Waals surface area contributed by atoms with E-state index < -0.39 is 0 Å². The number of ether oxygens (including phenoxy) is 2. The molecular formula is C19H25N5O2. The van der Waals surface area contributed by atoms with Crippen molar-refractivity contribution >= 4 is 5.82 Å². The fourth-order valence-electron chi connectivity index (χ4n) is 3.45.